The Labute approximate surface area is 77.5 Å². The molecule has 78 valence electrons. The van der Waals surface area contributed by atoms with Crippen molar-refractivity contribution in [3.05, 3.63) is 0 Å². The first-order valence-corrected chi connectivity index (χ1v) is 4.84. The molecule has 1 aliphatic carbocycles. The standard InChI is InChI=1S/C10H17F3/c1-4-9(2,3)7-5-8(6-7)10(11,12)13/h7-8H,4-6H2,1-3H3. The Balaban J connectivity index is 2.42. The van der Waals surface area contributed by atoms with Crippen LogP contribution < -0.4 is 0 Å². The predicted molar refractivity (Wildman–Crippen MR) is 46.3 cm³/mol. The quantitative estimate of drug-likeness (QED) is 0.623. The number of halogens is 3. The Morgan fingerprint density at radius 2 is 1.54 bits per heavy atom. The molecule has 0 radical (unpaired) electrons. The summed E-state index contributed by atoms with van der Waals surface area (Å²) in [5.41, 5.74) is 0.0851. The molecule has 1 saturated carbocycles. The molecule has 1 rings (SSSR count). The van der Waals surface area contributed by atoms with E-state index in [9.17, 15) is 13.2 Å². The third-order valence-electron chi connectivity index (χ3n) is 3.62. The average Bonchev–Trinajstić information content (AvgIpc) is 1.79. The van der Waals surface area contributed by atoms with Crippen LogP contribution in [0.2, 0.25) is 0 Å². The summed E-state index contributed by atoms with van der Waals surface area (Å²) in [6.07, 6.45) is -2.32. The molecule has 0 nitrogen and oxygen atoms in total. The van der Waals surface area contributed by atoms with E-state index in [4.69, 9.17) is 0 Å². The topological polar surface area (TPSA) is 0 Å². The Kier molecular flexibility index (Phi) is 2.65. The lowest BCUT2D eigenvalue weighted by molar-refractivity contribution is -0.213. The molecule has 0 aromatic heterocycles. The van der Waals surface area contributed by atoms with Crippen molar-refractivity contribution in [1.29, 1.82) is 0 Å². The highest BCUT2D eigenvalue weighted by Crippen LogP contribution is 2.52. The summed E-state index contributed by atoms with van der Waals surface area (Å²) in [4.78, 5) is 0. The molecule has 13 heavy (non-hydrogen) atoms. The van der Waals surface area contributed by atoms with E-state index in [1.807, 2.05) is 6.92 Å². The Morgan fingerprint density at radius 3 is 1.85 bits per heavy atom. The minimum Gasteiger partial charge on any atom is -0.171 e. The summed E-state index contributed by atoms with van der Waals surface area (Å²) >= 11 is 0. The Morgan fingerprint density at radius 1 is 1.08 bits per heavy atom. The van der Waals surface area contributed by atoms with Crippen molar-refractivity contribution in [2.24, 2.45) is 17.3 Å². The minimum absolute atomic E-state index is 0.0851. The maximum atomic E-state index is 12.2. The van der Waals surface area contributed by atoms with E-state index < -0.39 is 12.1 Å². The van der Waals surface area contributed by atoms with Gasteiger partial charge in [-0.15, -0.1) is 0 Å². The average molecular weight is 194 g/mol. The van der Waals surface area contributed by atoms with Gasteiger partial charge in [-0.25, -0.2) is 0 Å². The van der Waals surface area contributed by atoms with Crippen LogP contribution in [0.1, 0.15) is 40.0 Å². The van der Waals surface area contributed by atoms with Crippen LogP contribution in [0.25, 0.3) is 0 Å². The van der Waals surface area contributed by atoms with Crippen LogP contribution in [-0.4, -0.2) is 6.18 Å². The van der Waals surface area contributed by atoms with Gasteiger partial charge in [0.25, 0.3) is 0 Å². The molecule has 0 bridgehead atoms. The second-order valence-corrected chi connectivity index (χ2v) is 4.75. The SMILES string of the molecule is CCC(C)(C)C1CC(C(F)(F)F)C1. The minimum atomic E-state index is -3.96. The van der Waals surface area contributed by atoms with Gasteiger partial charge in [-0.1, -0.05) is 27.2 Å². The molecule has 0 saturated heterocycles. The predicted octanol–water partition coefficient (Wildman–Crippen LogP) is 4.01. The van der Waals surface area contributed by atoms with Crippen LogP contribution in [0.5, 0.6) is 0 Å². The second-order valence-electron chi connectivity index (χ2n) is 4.75. The van der Waals surface area contributed by atoms with Crippen molar-refractivity contribution in [3.63, 3.8) is 0 Å². The molecule has 0 spiro atoms. The second kappa shape index (κ2) is 3.18. The normalized spacial score (nSPS) is 30.0. The van der Waals surface area contributed by atoms with E-state index in [1.54, 1.807) is 0 Å². The van der Waals surface area contributed by atoms with E-state index in [2.05, 4.69) is 13.8 Å². The molecule has 0 heterocycles. The van der Waals surface area contributed by atoms with Gasteiger partial charge < -0.3 is 0 Å². The maximum absolute atomic E-state index is 12.2. The first-order chi connectivity index (χ1) is 5.77. The lowest BCUT2D eigenvalue weighted by Crippen LogP contribution is -2.42. The van der Waals surface area contributed by atoms with Gasteiger partial charge in [0.15, 0.2) is 0 Å². The summed E-state index contributed by atoms with van der Waals surface area (Å²) in [5.74, 6) is -0.757. The van der Waals surface area contributed by atoms with Crippen LogP contribution in [0, 0.1) is 17.3 Å². The summed E-state index contributed by atoms with van der Waals surface area (Å²) < 4.78 is 36.5. The lowest BCUT2D eigenvalue weighted by Gasteiger charge is -2.45. The zero-order chi connectivity index (χ0) is 10.3. The van der Waals surface area contributed by atoms with Gasteiger partial charge in [-0.05, 0) is 24.2 Å². The highest BCUT2D eigenvalue weighted by atomic mass is 19.4. The fourth-order valence-corrected chi connectivity index (χ4v) is 1.81. The molecule has 0 unspecified atom stereocenters. The lowest BCUT2D eigenvalue weighted by atomic mass is 9.61. The van der Waals surface area contributed by atoms with Crippen molar-refractivity contribution in [3.8, 4) is 0 Å². The third-order valence-corrected chi connectivity index (χ3v) is 3.62. The van der Waals surface area contributed by atoms with E-state index in [0.717, 1.165) is 6.42 Å². The van der Waals surface area contributed by atoms with Crippen LogP contribution in [0.3, 0.4) is 0 Å². The number of hydrogen-bond acceptors (Lipinski definition) is 0. The van der Waals surface area contributed by atoms with Crippen LogP contribution in [0.4, 0.5) is 13.2 Å². The van der Waals surface area contributed by atoms with E-state index in [-0.39, 0.29) is 11.3 Å². The van der Waals surface area contributed by atoms with Crippen molar-refractivity contribution < 1.29 is 13.2 Å². The van der Waals surface area contributed by atoms with Crippen molar-refractivity contribution in [2.75, 3.05) is 0 Å². The molecule has 0 atom stereocenters. The first kappa shape index (κ1) is 10.9. The van der Waals surface area contributed by atoms with E-state index in [0.29, 0.717) is 12.8 Å². The summed E-state index contributed by atoms with van der Waals surface area (Å²) in [6, 6.07) is 0. The van der Waals surface area contributed by atoms with Crippen LogP contribution >= 0.6 is 0 Å². The molecule has 0 aliphatic heterocycles. The molecule has 0 aromatic carbocycles. The van der Waals surface area contributed by atoms with Crippen molar-refractivity contribution >= 4 is 0 Å². The van der Waals surface area contributed by atoms with Gasteiger partial charge in [0.05, 0.1) is 5.92 Å². The molecule has 0 N–H and O–H groups in total. The first-order valence-electron chi connectivity index (χ1n) is 4.84. The molecule has 0 amide bonds. The van der Waals surface area contributed by atoms with Gasteiger partial charge in [0, 0.05) is 0 Å². The molecule has 3 heteroatoms. The number of hydrogen-bond donors (Lipinski definition) is 0. The Hall–Kier alpha value is -0.210. The van der Waals surface area contributed by atoms with E-state index in [1.165, 1.54) is 0 Å². The smallest absolute Gasteiger partial charge is 0.171 e. The van der Waals surface area contributed by atoms with Gasteiger partial charge in [-0.3, -0.25) is 0 Å². The summed E-state index contributed by atoms with van der Waals surface area (Å²) in [5, 5.41) is 0. The number of alkyl halides is 3. The largest absolute Gasteiger partial charge is 0.391 e. The van der Waals surface area contributed by atoms with Gasteiger partial charge >= 0.3 is 6.18 Å². The van der Waals surface area contributed by atoms with Gasteiger partial charge in [0.1, 0.15) is 0 Å². The highest BCUT2D eigenvalue weighted by Gasteiger charge is 2.51. The molecular formula is C10H17F3. The number of rotatable bonds is 2. The van der Waals surface area contributed by atoms with Crippen LogP contribution in [0.15, 0.2) is 0 Å². The van der Waals surface area contributed by atoms with Gasteiger partial charge in [-0.2, -0.15) is 13.2 Å². The summed E-state index contributed by atoms with van der Waals surface area (Å²) in [7, 11) is 0. The monoisotopic (exact) mass is 194 g/mol. The molecular weight excluding hydrogens is 177 g/mol. The van der Waals surface area contributed by atoms with Crippen molar-refractivity contribution in [2.45, 2.75) is 46.2 Å². The molecule has 0 aromatic rings. The Bertz CT molecular complexity index is 175. The fraction of sp³-hybridized carbons (Fsp3) is 1.00. The third kappa shape index (κ3) is 2.18. The fourth-order valence-electron chi connectivity index (χ4n) is 1.81. The molecule has 1 aliphatic rings. The zero-order valence-electron chi connectivity index (χ0n) is 8.41. The molecule has 1 fully saturated rings. The maximum Gasteiger partial charge on any atom is 0.391 e. The van der Waals surface area contributed by atoms with E-state index >= 15 is 0 Å². The van der Waals surface area contributed by atoms with Crippen LogP contribution in [-0.2, 0) is 0 Å². The zero-order valence-corrected chi connectivity index (χ0v) is 8.41. The summed E-state index contributed by atoms with van der Waals surface area (Å²) in [6.45, 7) is 6.16. The van der Waals surface area contributed by atoms with Gasteiger partial charge in [0.2, 0.25) is 0 Å². The van der Waals surface area contributed by atoms with Crippen molar-refractivity contribution in [1.82, 2.24) is 0 Å². The highest BCUT2D eigenvalue weighted by molar-refractivity contribution is 4.91.